The maximum atomic E-state index is 12.9. The van der Waals surface area contributed by atoms with Crippen molar-refractivity contribution in [2.75, 3.05) is 44.8 Å². The van der Waals surface area contributed by atoms with Gasteiger partial charge in [0.05, 0.1) is 18.6 Å². The van der Waals surface area contributed by atoms with E-state index in [1.165, 1.54) is 0 Å². The van der Waals surface area contributed by atoms with Crippen LogP contribution in [0.3, 0.4) is 0 Å². The molecule has 28 heavy (non-hydrogen) atoms. The van der Waals surface area contributed by atoms with Crippen molar-refractivity contribution in [2.24, 2.45) is 0 Å². The van der Waals surface area contributed by atoms with Gasteiger partial charge in [0, 0.05) is 31.9 Å². The van der Waals surface area contributed by atoms with Gasteiger partial charge >= 0.3 is 0 Å². The van der Waals surface area contributed by atoms with Crippen molar-refractivity contribution in [3.05, 3.63) is 48.5 Å². The highest BCUT2D eigenvalue weighted by atomic mass is 32.2. The van der Waals surface area contributed by atoms with E-state index in [1.807, 2.05) is 24.3 Å². The molecule has 3 rings (SSSR count). The van der Waals surface area contributed by atoms with E-state index < -0.39 is 10.0 Å². The van der Waals surface area contributed by atoms with E-state index in [2.05, 4.69) is 11.8 Å². The number of ether oxygens (including phenoxy) is 2. The molecule has 152 valence electrons. The molecule has 6 nitrogen and oxygen atoms in total. The first-order valence-electron chi connectivity index (χ1n) is 9.66. The molecule has 7 heteroatoms. The van der Waals surface area contributed by atoms with Gasteiger partial charge in [0.15, 0.2) is 0 Å². The second-order valence-electron chi connectivity index (χ2n) is 6.76. The quantitative estimate of drug-likeness (QED) is 0.631. The molecule has 0 atom stereocenters. The van der Waals surface area contributed by atoms with E-state index in [9.17, 15) is 8.42 Å². The van der Waals surface area contributed by atoms with Gasteiger partial charge in [0.1, 0.15) is 11.5 Å². The molecule has 0 aliphatic carbocycles. The predicted octanol–water partition coefficient (Wildman–Crippen LogP) is 3.39. The largest absolute Gasteiger partial charge is 0.497 e. The van der Waals surface area contributed by atoms with Crippen molar-refractivity contribution in [3.63, 3.8) is 0 Å². The fourth-order valence-corrected chi connectivity index (χ4v) is 4.59. The Labute approximate surface area is 167 Å². The summed E-state index contributed by atoms with van der Waals surface area (Å²) in [4.78, 5) is 2.50. The summed E-state index contributed by atoms with van der Waals surface area (Å²) in [6, 6.07) is 14.6. The number of anilines is 1. The van der Waals surface area contributed by atoms with Gasteiger partial charge in [-0.3, -0.25) is 0 Å². The summed E-state index contributed by atoms with van der Waals surface area (Å²) in [7, 11) is -1.85. The maximum Gasteiger partial charge on any atom is 0.243 e. The van der Waals surface area contributed by atoms with E-state index in [0.717, 1.165) is 24.3 Å². The zero-order valence-electron chi connectivity index (χ0n) is 16.5. The molecule has 0 amide bonds. The fourth-order valence-electron chi connectivity index (χ4n) is 3.17. The second-order valence-corrected chi connectivity index (χ2v) is 8.70. The van der Waals surface area contributed by atoms with Crippen LogP contribution in [0.4, 0.5) is 5.69 Å². The maximum absolute atomic E-state index is 12.9. The topological polar surface area (TPSA) is 59.1 Å². The Balaban J connectivity index is 1.60. The number of methoxy groups -OCH3 is 1. The highest BCUT2D eigenvalue weighted by molar-refractivity contribution is 7.89. The molecule has 1 fully saturated rings. The summed E-state index contributed by atoms with van der Waals surface area (Å²) in [5.74, 6) is 1.52. The Kier molecular flexibility index (Phi) is 6.80. The lowest BCUT2D eigenvalue weighted by molar-refractivity contribution is 0.309. The van der Waals surface area contributed by atoms with Crippen molar-refractivity contribution in [3.8, 4) is 11.5 Å². The molecule has 0 spiro atoms. The normalized spacial score (nSPS) is 15.4. The molecule has 0 unspecified atom stereocenters. The summed E-state index contributed by atoms with van der Waals surface area (Å²) in [5.41, 5.74) is 1.08. The van der Waals surface area contributed by atoms with Crippen LogP contribution in [0.25, 0.3) is 0 Å². The van der Waals surface area contributed by atoms with Crippen LogP contribution in [0.5, 0.6) is 11.5 Å². The van der Waals surface area contributed by atoms with Gasteiger partial charge in [-0.05, 0) is 55.0 Å². The number of unbranched alkanes of at least 4 members (excludes halogenated alkanes) is 1. The van der Waals surface area contributed by atoms with Crippen LogP contribution in [0.15, 0.2) is 53.4 Å². The highest BCUT2D eigenvalue weighted by Crippen LogP contribution is 2.24. The highest BCUT2D eigenvalue weighted by Gasteiger charge is 2.28. The molecule has 0 saturated carbocycles. The smallest absolute Gasteiger partial charge is 0.243 e. The lowest BCUT2D eigenvalue weighted by atomic mass is 10.2. The molecule has 1 aliphatic heterocycles. The molecule has 2 aromatic rings. The molecule has 2 aromatic carbocycles. The third kappa shape index (κ3) is 4.77. The first-order chi connectivity index (χ1) is 13.5. The van der Waals surface area contributed by atoms with Gasteiger partial charge < -0.3 is 14.4 Å². The van der Waals surface area contributed by atoms with Crippen molar-refractivity contribution < 1.29 is 17.9 Å². The van der Waals surface area contributed by atoms with Crippen LogP contribution in [-0.2, 0) is 10.0 Å². The van der Waals surface area contributed by atoms with E-state index in [4.69, 9.17) is 9.47 Å². The number of hydrogen-bond acceptors (Lipinski definition) is 5. The molecule has 0 radical (unpaired) electrons. The Bertz CT molecular complexity index is 843. The molecule has 0 N–H and O–H groups in total. The molecule has 1 saturated heterocycles. The van der Waals surface area contributed by atoms with Gasteiger partial charge in [-0.15, -0.1) is 0 Å². The van der Waals surface area contributed by atoms with E-state index in [-0.39, 0.29) is 0 Å². The molecule has 1 aliphatic rings. The second kappa shape index (κ2) is 9.30. The first-order valence-corrected chi connectivity index (χ1v) is 11.1. The minimum atomic E-state index is -3.49. The molecular formula is C21H28N2O4S. The Morgan fingerprint density at radius 3 is 2.07 bits per heavy atom. The zero-order chi connectivity index (χ0) is 20.0. The third-order valence-electron chi connectivity index (χ3n) is 4.90. The number of rotatable bonds is 8. The minimum Gasteiger partial charge on any atom is -0.497 e. The predicted molar refractivity (Wildman–Crippen MR) is 111 cm³/mol. The monoisotopic (exact) mass is 404 g/mol. The number of hydrogen-bond donors (Lipinski definition) is 0. The van der Waals surface area contributed by atoms with Crippen molar-refractivity contribution in [2.45, 2.75) is 24.7 Å². The van der Waals surface area contributed by atoms with Gasteiger partial charge in [-0.2, -0.15) is 4.31 Å². The van der Waals surface area contributed by atoms with Crippen molar-refractivity contribution in [1.82, 2.24) is 4.31 Å². The summed E-state index contributed by atoms with van der Waals surface area (Å²) in [6.07, 6.45) is 2.05. The lowest BCUT2D eigenvalue weighted by Gasteiger charge is -2.35. The van der Waals surface area contributed by atoms with E-state index in [0.29, 0.717) is 43.4 Å². The Morgan fingerprint density at radius 1 is 0.893 bits per heavy atom. The average molecular weight is 405 g/mol. The van der Waals surface area contributed by atoms with Crippen molar-refractivity contribution >= 4 is 15.7 Å². The number of nitrogens with zero attached hydrogens (tertiary/aromatic N) is 2. The minimum absolute atomic E-state index is 0.313. The standard InChI is InChI=1S/C21H28N2O4S/c1-3-4-17-27-20-9-11-21(12-10-20)28(24,25)23-15-13-22(14-16-23)18-5-7-19(26-2)8-6-18/h5-12H,3-4,13-17H2,1-2H3. The number of benzene rings is 2. The molecule has 0 aromatic heterocycles. The summed E-state index contributed by atoms with van der Waals surface area (Å²) in [6.45, 7) is 4.99. The fraction of sp³-hybridized carbons (Fsp3) is 0.429. The molecule has 1 heterocycles. The van der Waals surface area contributed by atoms with Gasteiger partial charge in [0.25, 0.3) is 0 Å². The zero-order valence-corrected chi connectivity index (χ0v) is 17.3. The van der Waals surface area contributed by atoms with E-state index in [1.54, 1.807) is 35.7 Å². The molecular weight excluding hydrogens is 376 g/mol. The van der Waals surface area contributed by atoms with Crippen LogP contribution < -0.4 is 14.4 Å². The summed E-state index contributed by atoms with van der Waals surface area (Å²) < 4.78 is 38.2. The summed E-state index contributed by atoms with van der Waals surface area (Å²) >= 11 is 0. The van der Waals surface area contributed by atoms with Crippen LogP contribution in [-0.4, -0.2) is 52.6 Å². The van der Waals surface area contributed by atoms with Gasteiger partial charge in [-0.25, -0.2) is 8.42 Å². The average Bonchev–Trinajstić information content (AvgIpc) is 2.74. The van der Waals surface area contributed by atoms with Crippen LogP contribution in [0, 0.1) is 0 Å². The lowest BCUT2D eigenvalue weighted by Crippen LogP contribution is -2.48. The van der Waals surface area contributed by atoms with Crippen LogP contribution >= 0.6 is 0 Å². The SMILES string of the molecule is CCCCOc1ccc(S(=O)(=O)N2CCN(c3ccc(OC)cc3)CC2)cc1. The van der Waals surface area contributed by atoms with Gasteiger partial charge in [-0.1, -0.05) is 13.3 Å². The van der Waals surface area contributed by atoms with Crippen LogP contribution in [0.2, 0.25) is 0 Å². The number of sulfonamides is 1. The Hall–Kier alpha value is -2.25. The Morgan fingerprint density at radius 2 is 1.50 bits per heavy atom. The molecule has 0 bridgehead atoms. The van der Waals surface area contributed by atoms with Crippen LogP contribution in [0.1, 0.15) is 19.8 Å². The van der Waals surface area contributed by atoms with E-state index >= 15 is 0 Å². The van der Waals surface area contributed by atoms with Gasteiger partial charge in [0.2, 0.25) is 10.0 Å². The van der Waals surface area contributed by atoms with Crippen molar-refractivity contribution in [1.29, 1.82) is 0 Å². The first kappa shape index (κ1) is 20.5. The summed E-state index contributed by atoms with van der Waals surface area (Å²) in [5, 5.41) is 0. The third-order valence-corrected chi connectivity index (χ3v) is 6.82. The number of piperazine rings is 1.